The van der Waals surface area contributed by atoms with Crippen molar-refractivity contribution in [2.45, 2.75) is 26.3 Å². The number of nitrogens with zero attached hydrogens (tertiary/aromatic N) is 1. The highest BCUT2D eigenvalue weighted by atomic mass is 16.5. The Balaban J connectivity index is 3.21. The van der Waals surface area contributed by atoms with Gasteiger partial charge in [0.1, 0.15) is 11.3 Å². The summed E-state index contributed by atoms with van der Waals surface area (Å²) in [5.41, 5.74) is -0.241. The molecule has 4 nitrogen and oxygen atoms in total. The molecule has 1 aromatic carbocycles. The van der Waals surface area contributed by atoms with E-state index in [1.165, 1.54) is 0 Å². The molecule has 0 saturated heterocycles. The topological polar surface area (TPSA) is 49.8 Å². The van der Waals surface area contributed by atoms with E-state index in [2.05, 4.69) is 0 Å². The zero-order valence-electron chi connectivity index (χ0n) is 11.4. The predicted molar refractivity (Wildman–Crippen MR) is 70.9 cm³/mol. The molecule has 0 aliphatic rings. The lowest BCUT2D eigenvalue weighted by Crippen LogP contribution is -2.49. The van der Waals surface area contributed by atoms with E-state index in [9.17, 15) is 9.90 Å². The lowest BCUT2D eigenvalue weighted by Gasteiger charge is -2.37. The molecule has 1 atom stereocenters. The van der Waals surface area contributed by atoms with E-state index in [4.69, 9.17) is 4.74 Å². The van der Waals surface area contributed by atoms with E-state index in [1.54, 1.807) is 26.2 Å². The maximum atomic E-state index is 11.7. The van der Waals surface area contributed by atoms with Gasteiger partial charge in [-0.15, -0.1) is 0 Å². The Morgan fingerprint density at radius 2 is 1.78 bits per heavy atom. The summed E-state index contributed by atoms with van der Waals surface area (Å²) in [5, 5.41) is 9.57. The highest BCUT2D eigenvalue weighted by Gasteiger charge is 2.39. The average molecular weight is 251 g/mol. The van der Waals surface area contributed by atoms with Gasteiger partial charge in [-0.3, -0.25) is 4.90 Å². The molecule has 0 aliphatic heterocycles. The Bertz CT molecular complexity index is 398. The van der Waals surface area contributed by atoms with Crippen molar-refractivity contribution in [2.24, 2.45) is 0 Å². The van der Waals surface area contributed by atoms with Crippen molar-refractivity contribution in [3.05, 3.63) is 29.8 Å². The second-order valence-corrected chi connectivity index (χ2v) is 4.28. The minimum absolute atomic E-state index is 0.686. The van der Waals surface area contributed by atoms with Crippen molar-refractivity contribution in [1.82, 2.24) is 4.90 Å². The fraction of sp³-hybridized carbons (Fsp3) is 0.500. The normalized spacial score (nSPS) is 14.3. The largest absolute Gasteiger partial charge is 0.497 e. The van der Waals surface area contributed by atoms with Gasteiger partial charge >= 0.3 is 5.97 Å². The number of hydrogen-bond donors (Lipinski definition) is 1. The molecule has 1 aromatic rings. The first-order valence-corrected chi connectivity index (χ1v) is 6.13. The first-order chi connectivity index (χ1) is 8.50. The van der Waals surface area contributed by atoms with Gasteiger partial charge in [0.05, 0.1) is 7.11 Å². The number of carboxylic acids is 1. The van der Waals surface area contributed by atoms with Crippen LogP contribution in [0.5, 0.6) is 5.75 Å². The molecule has 0 fully saturated rings. The van der Waals surface area contributed by atoms with Crippen LogP contribution in [-0.2, 0) is 10.3 Å². The molecule has 100 valence electrons. The molecule has 0 amide bonds. The molecule has 0 bridgehead atoms. The highest BCUT2D eigenvalue weighted by molar-refractivity contribution is 5.80. The van der Waals surface area contributed by atoms with Crippen LogP contribution in [0.15, 0.2) is 24.3 Å². The maximum Gasteiger partial charge on any atom is 0.328 e. The number of ether oxygens (including phenoxy) is 1. The first kappa shape index (κ1) is 14.5. The van der Waals surface area contributed by atoms with Gasteiger partial charge in [-0.25, -0.2) is 4.79 Å². The van der Waals surface area contributed by atoms with Crippen LogP contribution in [0.4, 0.5) is 0 Å². The van der Waals surface area contributed by atoms with Crippen LogP contribution in [0.1, 0.15) is 26.3 Å². The minimum Gasteiger partial charge on any atom is -0.497 e. The summed E-state index contributed by atoms with van der Waals surface area (Å²) in [4.78, 5) is 13.6. The van der Waals surface area contributed by atoms with Crippen LogP contribution < -0.4 is 4.74 Å². The van der Waals surface area contributed by atoms with E-state index in [0.29, 0.717) is 13.1 Å². The molecule has 0 aliphatic carbocycles. The molecule has 0 radical (unpaired) electrons. The maximum absolute atomic E-state index is 11.7. The lowest BCUT2D eigenvalue weighted by molar-refractivity contribution is -0.151. The number of rotatable bonds is 6. The van der Waals surface area contributed by atoms with Gasteiger partial charge in [0.25, 0.3) is 0 Å². The predicted octanol–water partition coefficient (Wildman–Crippen LogP) is 2.34. The average Bonchev–Trinajstić information content (AvgIpc) is 2.39. The molecule has 0 spiro atoms. The van der Waals surface area contributed by atoms with Gasteiger partial charge in [-0.05, 0) is 37.7 Å². The first-order valence-electron chi connectivity index (χ1n) is 6.13. The van der Waals surface area contributed by atoms with Crippen molar-refractivity contribution < 1.29 is 14.6 Å². The summed E-state index contributed by atoms with van der Waals surface area (Å²) >= 11 is 0. The van der Waals surface area contributed by atoms with Crippen LogP contribution in [0, 0.1) is 0 Å². The van der Waals surface area contributed by atoms with Gasteiger partial charge in [0, 0.05) is 0 Å². The number of likely N-dealkylation sites (N-methyl/N-ethyl adjacent to an activating group) is 1. The molecule has 0 aromatic heterocycles. The molecule has 1 unspecified atom stereocenters. The van der Waals surface area contributed by atoms with Gasteiger partial charge in [-0.2, -0.15) is 0 Å². The van der Waals surface area contributed by atoms with Crippen LogP contribution in [-0.4, -0.2) is 36.2 Å². The van der Waals surface area contributed by atoms with Crippen molar-refractivity contribution in [2.75, 3.05) is 20.2 Å². The van der Waals surface area contributed by atoms with Crippen molar-refractivity contribution in [1.29, 1.82) is 0 Å². The number of benzene rings is 1. The molecule has 1 rings (SSSR count). The van der Waals surface area contributed by atoms with Crippen LogP contribution in [0.3, 0.4) is 0 Å². The lowest BCUT2D eigenvalue weighted by atomic mass is 9.90. The Labute approximate surface area is 108 Å². The van der Waals surface area contributed by atoms with Crippen LogP contribution >= 0.6 is 0 Å². The quantitative estimate of drug-likeness (QED) is 0.843. The summed E-state index contributed by atoms with van der Waals surface area (Å²) < 4.78 is 5.09. The zero-order valence-corrected chi connectivity index (χ0v) is 11.4. The molecule has 0 heterocycles. The smallest absolute Gasteiger partial charge is 0.328 e. The molecule has 4 heteroatoms. The third-order valence-electron chi connectivity index (χ3n) is 3.46. The number of carbonyl (C=O) groups is 1. The number of carboxylic acid groups (broad SMARTS) is 1. The van der Waals surface area contributed by atoms with Crippen molar-refractivity contribution >= 4 is 5.97 Å². The zero-order chi connectivity index (χ0) is 13.8. The highest BCUT2D eigenvalue weighted by Crippen LogP contribution is 2.29. The van der Waals surface area contributed by atoms with E-state index >= 15 is 0 Å². The van der Waals surface area contributed by atoms with Crippen LogP contribution in [0.25, 0.3) is 0 Å². The third kappa shape index (κ3) is 2.48. The second-order valence-electron chi connectivity index (χ2n) is 4.28. The van der Waals surface area contributed by atoms with Gasteiger partial charge in [0.15, 0.2) is 0 Å². The monoisotopic (exact) mass is 251 g/mol. The fourth-order valence-electron chi connectivity index (χ4n) is 2.21. The minimum atomic E-state index is -1.00. The van der Waals surface area contributed by atoms with Gasteiger partial charge in [-0.1, -0.05) is 26.0 Å². The summed E-state index contributed by atoms with van der Waals surface area (Å²) in [6.45, 7) is 7.04. The van der Waals surface area contributed by atoms with E-state index in [1.807, 2.05) is 30.9 Å². The Hall–Kier alpha value is -1.55. The molecular weight excluding hydrogens is 230 g/mol. The fourth-order valence-corrected chi connectivity index (χ4v) is 2.21. The van der Waals surface area contributed by atoms with E-state index in [-0.39, 0.29) is 0 Å². The number of aliphatic carboxylic acids is 1. The van der Waals surface area contributed by atoms with Crippen LogP contribution in [0.2, 0.25) is 0 Å². The molecule has 18 heavy (non-hydrogen) atoms. The standard InChI is InChI=1S/C14H21NO3/c1-5-15(6-2)14(3,13(16)17)11-7-9-12(18-4)10-8-11/h7-10H,5-6H2,1-4H3,(H,16,17). The summed E-state index contributed by atoms with van der Waals surface area (Å²) in [6, 6.07) is 7.20. The molecule has 1 N–H and O–H groups in total. The number of methoxy groups -OCH3 is 1. The third-order valence-corrected chi connectivity index (χ3v) is 3.46. The van der Waals surface area contributed by atoms with E-state index < -0.39 is 11.5 Å². The molecule has 0 saturated carbocycles. The van der Waals surface area contributed by atoms with E-state index in [0.717, 1.165) is 11.3 Å². The summed E-state index contributed by atoms with van der Waals surface area (Å²) in [7, 11) is 1.59. The Morgan fingerprint density at radius 1 is 1.28 bits per heavy atom. The Kier molecular flexibility index (Phi) is 4.73. The van der Waals surface area contributed by atoms with Crippen molar-refractivity contribution in [3.8, 4) is 5.75 Å². The summed E-state index contributed by atoms with van der Waals surface area (Å²) in [6.07, 6.45) is 0. The number of hydrogen-bond acceptors (Lipinski definition) is 3. The molecular formula is C14H21NO3. The summed E-state index contributed by atoms with van der Waals surface area (Å²) in [5.74, 6) is -0.109. The second kappa shape index (κ2) is 5.87. The SMILES string of the molecule is CCN(CC)C(C)(C(=O)O)c1ccc(OC)cc1. The van der Waals surface area contributed by atoms with Gasteiger partial charge in [0.2, 0.25) is 0 Å². The Morgan fingerprint density at radius 3 is 2.11 bits per heavy atom. The van der Waals surface area contributed by atoms with Crippen molar-refractivity contribution in [3.63, 3.8) is 0 Å². The van der Waals surface area contributed by atoms with Gasteiger partial charge < -0.3 is 9.84 Å².